The molecule has 0 saturated heterocycles. The first-order valence-electron chi connectivity index (χ1n) is 5.76. The van der Waals surface area contributed by atoms with Crippen molar-refractivity contribution in [2.75, 3.05) is 6.61 Å². The van der Waals surface area contributed by atoms with Crippen LogP contribution in [0.2, 0.25) is 0 Å². The minimum atomic E-state index is 0.597. The molecule has 17 heavy (non-hydrogen) atoms. The summed E-state index contributed by atoms with van der Waals surface area (Å²) in [6.07, 6.45) is 5.93. The Labute approximate surface area is 102 Å². The molecule has 1 rings (SSSR count). The van der Waals surface area contributed by atoms with Gasteiger partial charge in [0.2, 0.25) is 0 Å². The maximum Gasteiger partial charge on any atom is 0.119 e. The van der Waals surface area contributed by atoms with Crippen LogP contribution >= 0.6 is 0 Å². The summed E-state index contributed by atoms with van der Waals surface area (Å²) in [7, 11) is 0. The number of azide groups is 1. The van der Waals surface area contributed by atoms with Crippen molar-refractivity contribution in [3.8, 4) is 5.75 Å². The molecular formula is C13H17N3O. The lowest BCUT2D eigenvalue weighted by molar-refractivity contribution is 0.309. The number of unbranched alkanes of at least 4 members (excludes halogenated alkanes) is 1. The summed E-state index contributed by atoms with van der Waals surface area (Å²) in [5.41, 5.74) is 10.0. The summed E-state index contributed by atoms with van der Waals surface area (Å²) in [4.78, 5) is 2.82. The van der Waals surface area contributed by atoms with Crippen LogP contribution in [0.25, 0.3) is 16.5 Å². The normalized spacial score (nSPS) is 10.2. The smallest absolute Gasteiger partial charge is 0.119 e. The van der Waals surface area contributed by atoms with Crippen molar-refractivity contribution >= 4 is 11.8 Å². The molecule has 4 heteroatoms. The van der Waals surface area contributed by atoms with E-state index in [0.717, 1.165) is 24.2 Å². The number of allylic oxidation sites excluding steroid dienone is 1. The molecule has 0 bridgehead atoms. The number of ether oxygens (including phenoxy) is 1. The third kappa shape index (κ3) is 4.21. The summed E-state index contributed by atoms with van der Waals surface area (Å²) in [5.74, 6) is 0.745. The molecule has 0 N–H and O–H groups in total. The van der Waals surface area contributed by atoms with Crippen LogP contribution in [0, 0.1) is 0 Å². The number of nitrogens with zero attached hydrogens (tertiary/aromatic N) is 3. The molecule has 4 nitrogen and oxygen atoms in total. The molecule has 0 radical (unpaired) electrons. The van der Waals surface area contributed by atoms with E-state index in [-0.39, 0.29) is 0 Å². The first-order chi connectivity index (χ1) is 8.31. The zero-order chi connectivity index (χ0) is 12.5. The molecular weight excluding hydrogens is 214 g/mol. The van der Waals surface area contributed by atoms with Crippen molar-refractivity contribution in [3.63, 3.8) is 0 Å². The summed E-state index contributed by atoms with van der Waals surface area (Å²) >= 11 is 0. The second kappa shape index (κ2) is 7.36. The minimum absolute atomic E-state index is 0.597. The van der Waals surface area contributed by atoms with Crippen LogP contribution in [-0.2, 0) is 0 Å². The lowest BCUT2D eigenvalue weighted by Crippen LogP contribution is -1.96. The van der Waals surface area contributed by atoms with Crippen molar-refractivity contribution in [1.29, 1.82) is 0 Å². The molecule has 0 spiro atoms. The van der Waals surface area contributed by atoms with Gasteiger partial charge in [0.05, 0.1) is 6.61 Å². The second-order valence-corrected chi connectivity index (χ2v) is 3.61. The molecule has 0 fully saturated rings. The van der Waals surface area contributed by atoms with Gasteiger partial charge in [-0.1, -0.05) is 36.7 Å². The number of hydrogen-bond acceptors (Lipinski definition) is 2. The topological polar surface area (TPSA) is 58.0 Å². The van der Waals surface area contributed by atoms with E-state index in [1.807, 2.05) is 31.2 Å². The first-order valence-corrected chi connectivity index (χ1v) is 5.76. The van der Waals surface area contributed by atoms with Crippen molar-refractivity contribution in [2.45, 2.75) is 26.7 Å². The Kier molecular flexibility index (Phi) is 5.69. The van der Waals surface area contributed by atoms with Crippen LogP contribution in [-0.4, -0.2) is 6.61 Å². The average molecular weight is 231 g/mol. The van der Waals surface area contributed by atoms with E-state index < -0.39 is 0 Å². The summed E-state index contributed by atoms with van der Waals surface area (Å²) in [6, 6.07) is 5.55. The number of hydrogen-bond donors (Lipinski definition) is 0. The van der Waals surface area contributed by atoms with Gasteiger partial charge < -0.3 is 4.74 Å². The van der Waals surface area contributed by atoms with E-state index in [1.165, 1.54) is 0 Å². The van der Waals surface area contributed by atoms with E-state index in [9.17, 15) is 0 Å². The van der Waals surface area contributed by atoms with E-state index in [1.54, 1.807) is 6.07 Å². The molecule has 0 atom stereocenters. The van der Waals surface area contributed by atoms with E-state index in [4.69, 9.17) is 10.3 Å². The van der Waals surface area contributed by atoms with Gasteiger partial charge in [-0.15, -0.1) is 0 Å². The Morgan fingerprint density at radius 3 is 2.94 bits per heavy atom. The molecule has 0 aliphatic heterocycles. The molecule has 0 amide bonds. The molecule has 0 aliphatic carbocycles. The van der Waals surface area contributed by atoms with Crippen LogP contribution < -0.4 is 4.74 Å². The minimum Gasteiger partial charge on any atom is -0.494 e. The van der Waals surface area contributed by atoms with Crippen molar-refractivity contribution in [1.82, 2.24) is 0 Å². The Bertz CT molecular complexity index is 434. The molecule has 90 valence electrons. The largest absolute Gasteiger partial charge is 0.494 e. The average Bonchev–Trinajstić information content (AvgIpc) is 2.33. The molecule has 0 aromatic heterocycles. The van der Waals surface area contributed by atoms with Gasteiger partial charge in [0, 0.05) is 10.6 Å². The van der Waals surface area contributed by atoms with E-state index in [0.29, 0.717) is 12.3 Å². The summed E-state index contributed by atoms with van der Waals surface area (Å²) in [6.45, 7) is 4.73. The van der Waals surface area contributed by atoms with Gasteiger partial charge in [-0.05, 0) is 36.6 Å². The van der Waals surface area contributed by atoms with Crippen molar-refractivity contribution in [2.24, 2.45) is 5.11 Å². The fourth-order valence-corrected chi connectivity index (χ4v) is 1.40. The van der Waals surface area contributed by atoms with Crippen LogP contribution in [0.5, 0.6) is 5.75 Å². The van der Waals surface area contributed by atoms with Crippen LogP contribution in [0.15, 0.2) is 29.4 Å². The summed E-state index contributed by atoms with van der Waals surface area (Å²) in [5, 5.41) is 3.66. The maximum absolute atomic E-state index is 8.51. The highest BCUT2D eigenvalue weighted by Gasteiger charge is 2.00. The lowest BCUT2D eigenvalue weighted by atomic mass is 10.1. The van der Waals surface area contributed by atoms with Gasteiger partial charge in [0.15, 0.2) is 0 Å². The first kappa shape index (κ1) is 13.1. The highest BCUT2D eigenvalue weighted by Crippen LogP contribution is 2.26. The summed E-state index contributed by atoms with van der Waals surface area (Å²) < 4.78 is 5.56. The number of benzene rings is 1. The standard InChI is InChI=1S/C13H17N3O/c1-3-5-9-17-12-8-7-11(6-4-2)13(10-12)15-16-14/h4,6-8,10H,3,5,9H2,1-2H3. The monoisotopic (exact) mass is 231 g/mol. The molecule has 0 unspecified atom stereocenters. The van der Waals surface area contributed by atoms with Gasteiger partial charge in [-0.3, -0.25) is 0 Å². The van der Waals surface area contributed by atoms with Crippen LogP contribution in [0.4, 0.5) is 5.69 Å². The van der Waals surface area contributed by atoms with E-state index in [2.05, 4.69) is 16.9 Å². The Morgan fingerprint density at radius 1 is 1.47 bits per heavy atom. The van der Waals surface area contributed by atoms with Crippen molar-refractivity contribution in [3.05, 3.63) is 40.3 Å². The van der Waals surface area contributed by atoms with Gasteiger partial charge in [0.1, 0.15) is 5.75 Å². The molecule has 0 aliphatic rings. The predicted octanol–water partition coefficient (Wildman–Crippen LogP) is 4.84. The van der Waals surface area contributed by atoms with Crippen molar-refractivity contribution < 1.29 is 4.74 Å². The highest BCUT2D eigenvalue weighted by molar-refractivity contribution is 5.65. The molecule has 0 heterocycles. The molecule has 0 saturated carbocycles. The van der Waals surface area contributed by atoms with Gasteiger partial charge in [-0.2, -0.15) is 0 Å². The molecule has 1 aromatic carbocycles. The number of rotatable bonds is 6. The van der Waals surface area contributed by atoms with Gasteiger partial charge in [-0.25, -0.2) is 0 Å². The Balaban J connectivity index is 2.89. The van der Waals surface area contributed by atoms with Crippen LogP contribution in [0.1, 0.15) is 32.3 Å². The second-order valence-electron chi connectivity index (χ2n) is 3.61. The highest BCUT2D eigenvalue weighted by atomic mass is 16.5. The van der Waals surface area contributed by atoms with E-state index >= 15 is 0 Å². The fourth-order valence-electron chi connectivity index (χ4n) is 1.40. The zero-order valence-corrected chi connectivity index (χ0v) is 10.3. The fraction of sp³-hybridized carbons (Fsp3) is 0.385. The zero-order valence-electron chi connectivity index (χ0n) is 10.3. The Morgan fingerprint density at radius 2 is 2.29 bits per heavy atom. The maximum atomic E-state index is 8.51. The van der Waals surface area contributed by atoms with Gasteiger partial charge >= 0.3 is 0 Å². The Hall–Kier alpha value is -1.93. The lowest BCUT2D eigenvalue weighted by Gasteiger charge is -2.07. The SMILES string of the molecule is CC=Cc1ccc(OCCCC)cc1N=[N+]=[N-]. The van der Waals surface area contributed by atoms with Gasteiger partial charge in [0.25, 0.3) is 0 Å². The van der Waals surface area contributed by atoms with Crippen LogP contribution in [0.3, 0.4) is 0 Å². The third-order valence-electron chi connectivity index (χ3n) is 2.27. The predicted molar refractivity (Wildman–Crippen MR) is 70.4 cm³/mol. The quantitative estimate of drug-likeness (QED) is 0.299. The molecule has 1 aromatic rings. The third-order valence-corrected chi connectivity index (χ3v) is 2.27.